The molecule has 2 aromatic rings. The molecule has 38 heavy (non-hydrogen) atoms. The average Bonchev–Trinajstić information content (AvgIpc) is 3.16. The molecule has 9 nitrogen and oxygen atoms in total. The number of hydrogen-bond donors (Lipinski definition) is 1. The molecule has 1 N–H and O–H groups in total. The molecule has 1 atom stereocenters. The molecule has 2 aliphatic rings. The number of carbonyl (C=O) groups is 2. The van der Waals surface area contributed by atoms with E-state index in [2.05, 4.69) is 6.58 Å². The number of likely N-dealkylation sites (tertiary alicyclic amines) is 1. The Morgan fingerprint density at radius 3 is 2.58 bits per heavy atom. The van der Waals surface area contributed by atoms with E-state index in [1.807, 2.05) is 25.9 Å². The van der Waals surface area contributed by atoms with E-state index in [1.54, 1.807) is 42.5 Å². The van der Waals surface area contributed by atoms with Crippen molar-refractivity contribution >= 4 is 17.4 Å². The van der Waals surface area contributed by atoms with Gasteiger partial charge in [0.25, 0.3) is 11.7 Å². The van der Waals surface area contributed by atoms with Gasteiger partial charge in [-0.05, 0) is 69.9 Å². The normalized spacial score (nSPS) is 18.1. The van der Waals surface area contributed by atoms with Gasteiger partial charge in [0.1, 0.15) is 25.6 Å². The van der Waals surface area contributed by atoms with Gasteiger partial charge in [-0.1, -0.05) is 18.7 Å². The molecule has 0 unspecified atom stereocenters. The molecule has 0 radical (unpaired) electrons. The molecule has 4 rings (SSSR count). The zero-order valence-corrected chi connectivity index (χ0v) is 22.1. The number of benzene rings is 2. The summed E-state index contributed by atoms with van der Waals surface area (Å²) in [7, 11) is 3.90. The van der Waals surface area contributed by atoms with Crippen molar-refractivity contribution in [1.29, 1.82) is 0 Å². The number of amides is 1. The summed E-state index contributed by atoms with van der Waals surface area (Å²) in [6.07, 6.45) is 2.29. The standard InChI is InChI=1S/C29H34N2O7/c1-5-14-36-21-10-8-19(17-23(21)35-6-2)26-25(28(33)29(34)31(26)13-7-12-30(3)4)27(32)20-9-11-22-24(18-20)38-16-15-37-22/h5,8-11,17-18,26,32H,1,6-7,12-16H2,2-4H3/t26-/m1/s1. The van der Waals surface area contributed by atoms with E-state index in [4.69, 9.17) is 18.9 Å². The van der Waals surface area contributed by atoms with Crippen LogP contribution in [-0.2, 0) is 9.59 Å². The molecule has 0 bridgehead atoms. The molecule has 2 heterocycles. The maximum Gasteiger partial charge on any atom is 0.295 e. The van der Waals surface area contributed by atoms with Gasteiger partial charge in [0.15, 0.2) is 23.0 Å². The first kappa shape index (κ1) is 27.1. The van der Waals surface area contributed by atoms with Crippen LogP contribution in [0.3, 0.4) is 0 Å². The number of aliphatic hydroxyl groups is 1. The minimum atomic E-state index is -0.807. The fraction of sp³-hybridized carbons (Fsp3) is 0.379. The lowest BCUT2D eigenvalue weighted by Gasteiger charge is -2.26. The first-order valence-electron chi connectivity index (χ1n) is 12.7. The highest BCUT2D eigenvalue weighted by atomic mass is 16.6. The number of aliphatic hydroxyl groups excluding tert-OH is 1. The molecular weight excluding hydrogens is 488 g/mol. The van der Waals surface area contributed by atoms with Crippen molar-refractivity contribution in [3.63, 3.8) is 0 Å². The second-order valence-corrected chi connectivity index (χ2v) is 9.25. The van der Waals surface area contributed by atoms with Gasteiger partial charge in [-0.2, -0.15) is 0 Å². The second-order valence-electron chi connectivity index (χ2n) is 9.25. The van der Waals surface area contributed by atoms with Gasteiger partial charge in [-0.3, -0.25) is 9.59 Å². The van der Waals surface area contributed by atoms with Crippen LogP contribution < -0.4 is 18.9 Å². The van der Waals surface area contributed by atoms with E-state index < -0.39 is 17.7 Å². The smallest absolute Gasteiger partial charge is 0.295 e. The van der Waals surface area contributed by atoms with Gasteiger partial charge in [0, 0.05) is 12.1 Å². The molecule has 1 saturated heterocycles. The Morgan fingerprint density at radius 1 is 1.11 bits per heavy atom. The zero-order valence-electron chi connectivity index (χ0n) is 22.1. The van der Waals surface area contributed by atoms with Gasteiger partial charge in [0.2, 0.25) is 0 Å². The van der Waals surface area contributed by atoms with Crippen LogP contribution in [0.1, 0.15) is 30.5 Å². The molecule has 202 valence electrons. The van der Waals surface area contributed by atoms with Crippen molar-refractivity contribution in [3.05, 3.63) is 65.8 Å². The highest BCUT2D eigenvalue weighted by Gasteiger charge is 2.46. The van der Waals surface area contributed by atoms with E-state index in [0.29, 0.717) is 73.5 Å². The number of nitrogens with zero attached hydrogens (tertiary/aromatic N) is 2. The Bertz CT molecular complexity index is 1240. The Balaban J connectivity index is 1.81. The van der Waals surface area contributed by atoms with Gasteiger partial charge < -0.3 is 33.9 Å². The van der Waals surface area contributed by atoms with Crippen molar-refractivity contribution in [2.45, 2.75) is 19.4 Å². The van der Waals surface area contributed by atoms with E-state index in [1.165, 1.54) is 4.90 Å². The summed E-state index contributed by atoms with van der Waals surface area (Å²) in [4.78, 5) is 30.2. The second kappa shape index (κ2) is 12.0. The first-order valence-corrected chi connectivity index (χ1v) is 12.7. The quantitative estimate of drug-likeness (QED) is 0.206. The third-order valence-corrected chi connectivity index (χ3v) is 6.30. The first-order chi connectivity index (χ1) is 18.3. The number of ether oxygens (including phenoxy) is 4. The predicted molar refractivity (Wildman–Crippen MR) is 143 cm³/mol. The molecular formula is C29H34N2O7. The number of ketones is 1. The third kappa shape index (κ3) is 5.62. The van der Waals surface area contributed by atoms with Crippen LogP contribution in [0.2, 0.25) is 0 Å². The van der Waals surface area contributed by atoms with Gasteiger partial charge in [-0.25, -0.2) is 0 Å². The van der Waals surface area contributed by atoms with Crippen LogP contribution >= 0.6 is 0 Å². The van der Waals surface area contributed by atoms with Crippen molar-refractivity contribution in [2.24, 2.45) is 0 Å². The lowest BCUT2D eigenvalue weighted by Crippen LogP contribution is -2.32. The monoisotopic (exact) mass is 522 g/mol. The van der Waals surface area contributed by atoms with E-state index in [9.17, 15) is 14.7 Å². The van der Waals surface area contributed by atoms with Crippen LogP contribution in [0, 0.1) is 0 Å². The molecule has 9 heteroatoms. The summed E-state index contributed by atoms with van der Waals surface area (Å²) in [5.41, 5.74) is 1.00. The van der Waals surface area contributed by atoms with Crippen molar-refractivity contribution in [3.8, 4) is 23.0 Å². The zero-order chi connectivity index (χ0) is 27.2. The average molecular weight is 523 g/mol. The van der Waals surface area contributed by atoms with Gasteiger partial charge in [0.05, 0.1) is 18.2 Å². The summed E-state index contributed by atoms with van der Waals surface area (Å²) in [6.45, 7) is 8.13. The van der Waals surface area contributed by atoms with Crippen LogP contribution in [-0.4, -0.2) is 80.2 Å². The SMILES string of the molecule is C=CCOc1ccc([C@@H]2C(=C(O)c3ccc4c(c3)OCCO4)C(=O)C(=O)N2CCCN(C)C)cc1OCC. The summed E-state index contributed by atoms with van der Waals surface area (Å²) in [5.74, 6) is 0.363. The van der Waals surface area contributed by atoms with E-state index in [0.717, 1.165) is 6.54 Å². The third-order valence-electron chi connectivity index (χ3n) is 6.30. The Hall–Kier alpha value is -3.98. The number of carbonyl (C=O) groups excluding carboxylic acids is 2. The molecule has 0 aliphatic carbocycles. The Labute approximate surface area is 222 Å². The van der Waals surface area contributed by atoms with E-state index >= 15 is 0 Å². The summed E-state index contributed by atoms with van der Waals surface area (Å²) < 4.78 is 22.8. The van der Waals surface area contributed by atoms with Crippen LogP contribution in [0.25, 0.3) is 5.76 Å². The predicted octanol–water partition coefficient (Wildman–Crippen LogP) is 3.79. The molecule has 1 amide bonds. The van der Waals surface area contributed by atoms with Gasteiger partial charge in [-0.15, -0.1) is 0 Å². The number of fused-ring (bicyclic) bond motifs is 1. The fourth-order valence-corrected chi connectivity index (χ4v) is 4.59. The lowest BCUT2D eigenvalue weighted by molar-refractivity contribution is -0.139. The Morgan fingerprint density at radius 2 is 1.87 bits per heavy atom. The van der Waals surface area contributed by atoms with Crippen molar-refractivity contribution in [2.75, 3.05) is 53.6 Å². The minimum Gasteiger partial charge on any atom is -0.507 e. The highest BCUT2D eigenvalue weighted by Crippen LogP contribution is 2.43. The Kier molecular flexibility index (Phi) is 8.58. The van der Waals surface area contributed by atoms with Crippen LogP contribution in [0.5, 0.6) is 23.0 Å². The molecule has 2 aromatic carbocycles. The van der Waals surface area contributed by atoms with Gasteiger partial charge >= 0.3 is 0 Å². The van der Waals surface area contributed by atoms with Crippen LogP contribution in [0.4, 0.5) is 0 Å². The molecule has 1 fully saturated rings. The van der Waals surface area contributed by atoms with Crippen molar-refractivity contribution in [1.82, 2.24) is 9.80 Å². The van der Waals surface area contributed by atoms with E-state index in [-0.39, 0.29) is 11.3 Å². The minimum absolute atomic E-state index is 0.0127. The summed E-state index contributed by atoms with van der Waals surface area (Å²) >= 11 is 0. The number of rotatable bonds is 11. The summed E-state index contributed by atoms with van der Waals surface area (Å²) in [5, 5.41) is 11.4. The van der Waals surface area contributed by atoms with Crippen molar-refractivity contribution < 1.29 is 33.6 Å². The summed E-state index contributed by atoms with van der Waals surface area (Å²) in [6, 6.07) is 9.44. The topological polar surface area (TPSA) is 97.8 Å². The number of hydrogen-bond acceptors (Lipinski definition) is 8. The largest absolute Gasteiger partial charge is 0.507 e. The maximum atomic E-state index is 13.4. The van der Waals surface area contributed by atoms with Crippen LogP contribution in [0.15, 0.2) is 54.6 Å². The molecule has 2 aliphatic heterocycles. The number of Topliss-reactive ketones (excluding diaryl/α,β-unsaturated/α-hetero) is 1. The fourth-order valence-electron chi connectivity index (χ4n) is 4.59. The molecule has 0 aromatic heterocycles. The lowest BCUT2D eigenvalue weighted by atomic mass is 9.94. The highest BCUT2D eigenvalue weighted by molar-refractivity contribution is 6.46. The molecule has 0 saturated carbocycles. The molecule has 0 spiro atoms. The maximum absolute atomic E-state index is 13.4.